The van der Waals surface area contributed by atoms with Gasteiger partial charge in [0, 0.05) is 24.0 Å². The number of nitrogens with zero attached hydrogens (tertiary/aromatic N) is 2. The molecular weight excluding hydrogens is 501 g/mol. The molecule has 0 spiro atoms. The van der Waals surface area contributed by atoms with Gasteiger partial charge in [0.1, 0.15) is 0 Å². The zero-order valence-electron chi connectivity index (χ0n) is 22.4. The zero-order chi connectivity index (χ0) is 27.7. The first kappa shape index (κ1) is 28.5. The topological polar surface area (TPSA) is 56.0 Å². The van der Waals surface area contributed by atoms with E-state index in [1.807, 2.05) is 24.3 Å². The maximum absolute atomic E-state index is 13.1. The Labute approximate surface area is 227 Å². The van der Waals surface area contributed by atoms with Gasteiger partial charge in [-0.2, -0.15) is 18.2 Å². The van der Waals surface area contributed by atoms with Gasteiger partial charge >= 0.3 is 6.18 Å². The quantitative estimate of drug-likeness (QED) is 0.119. The summed E-state index contributed by atoms with van der Waals surface area (Å²) < 4.78 is 44.2. The molecule has 0 aliphatic rings. The standard InChI is InChI=1S/C32H35F3N2O2/c1-2-3-4-5-6-7-8-9-10-15-30-36-31(39-37-30)28-21-20-27(25-13-11-12-14-26(25)28)29(38)22-23-16-18-24(19-17-23)32(33,34)35/h11-14,16-21H,2-10,15,22H2,1H3. The second kappa shape index (κ2) is 13.5. The molecule has 0 radical (unpaired) electrons. The SMILES string of the molecule is CCCCCCCCCCCc1noc(-c2ccc(C(=O)Cc3ccc(C(F)(F)F)cc3)c3ccccc23)n1. The van der Waals surface area contributed by atoms with Crippen molar-refractivity contribution in [2.75, 3.05) is 0 Å². The van der Waals surface area contributed by atoms with Gasteiger partial charge < -0.3 is 4.52 Å². The fourth-order valence-corrected chi connectivity index (χ4v) is 4.88. The minimum Gasteiger partial charge on any atom is -0.334 e. The first-order valence-electron chi connectivity index (χ1n) is 13.9. The van der Waals surface area contributed by atoms with Gasteiger partial charge in [0.25, 0.3) is 5.89 Å². The Balaban J connectivity index is 1.39. The Kier molecular flexibility index (Phi) is 9.90. The van der Waals surface area contributed by atoms with E-state index in [-0.39, 0.29) is 12.2 Å². The van der Waals surface area contributed by atoms with Crippen LogP contribution in [-0.4, -0.2) is 15.9 Å². The lowest BCUT2D eigenvalue weighted by Gasteiger charge is -2.10. The summed E-state index contributed by atoms with van der Waals surface area (Å²) in [7, 11) is 0. The van der Waals surface area contributed by atoms with Gasteiger partial charge in [-0.05, 0) is 47.0 Å². The van der Waals surface area contributed by atoms with Crippen molar-refractivity contribution in [3.8, 4) is 11.5 Å². The van der Waals surface area contributed by atoms with Gasteiger partial charge in [-0.15, -0.1) is 0 Å². The average Bonchev–Trinajstić information content (AvgIpc) is 3.40. The van der Waals surface area contributed by atoms with Crippen LogP contribution in [0, 0.1) is 0 Å². The van der Waals surface area contributed by atoms with Crippen molar-refractivity contribution >= 4 is 16.6 Å². The van der Waals surface area contributed by atoms with Crippen LogP contribution in [0.4, 0.5) is 13.2 Å². The van der Waals surface area contributed by atoms with Crippen LogP contribution >= 0.6 is 0 Å². The van der Waals surface area contributed by atoms with E-state index in [1.54, 1.807) is 12.1 Å². The number of benzene rings is 3. The maximum Gasteiger partial charge on any atom is 0.416 e. The number of carbonyl (C=O) groups excluding carboxylic acids is 1. The monoisotopic (exact) mass is 536 g/mol. The summed E-state index contributed by atoms with van der Waals surface area (Å²) in [5, 5.41) is 5.73. The Morgan fingerprint density at radius 2 is 1.44 bits per heavy atom. The highest BCUT2D eigenvalue weighted by Crippen LogP contribution is 2.32. The van der Waals surface area contributed by atoms with Crippen LogP contribution < -0.4 is 0 Å². The van der Waals surface area contributed by atoms with Crippen molar-refractivity contribution in [3.05, 3.63) is 83.2 Å². The Hall–Kier alpha value is -3.48. The van der Waals surface area contributed by atoms with Crippen molar-refractivity contribution in [1.29, 1.82) is 0 Å². The van der Waals surface area contributed by atoms with Gasteiger partial charge in [0.2, 0.25) is 0 Å². The summed E-state index contributed by atoms with van der Waals surface area (Å²) in [4.78, 5) is 17.8. The Bertz CT molecular complexity index is 1360. The number of hydrogen-bond acceptors (Lipinski definition) is 4. The third-order valence-electron chi connectivity index (χ3n) is 7.07. The van der Waals surface area contributed by atoms with Crippen molar-refractivity contribution in [3.63, 3.8) is 0 Å². The molecule has 0 amide bonds. The molecule has 0 aliphatic heterocycles. The molecule has 3 aromatic carbocycles. The number of hydrogen-bond donors (Lipinski definition) is 0. The molecule has 1 heterocycles. The molecule has 0 atom stereocenters. The van der Waals surface area contributed by atoms with Crippen LogP contribution in [0.15, 0.2) is 65.2 Å². The Morgan fingerprint density at radius 1 is 0.795 bits per heavy atom. The van der Waals surface area contributed by atoms with Gasteiger partial charge in [0.15, 0.2) is 11.6 Å². The summed E-state index contributed by atoms with van der Waals surface area (Å²) >= 11 is 0. The molecule has 0 fully saturated rings. The van der Waals surface area contributed by atoms with Crippen LogP contribution in [0.1, 0.15) is 92.0 Å². The smallest absolute Gasteiger partial charge is 0.334 e. The highest BCUT2D eigenvalue weighted by Gasteiger charge is 2.30. The van der Waals surface area contributed by atoms with Crippen LogP contribution in [0.25, 0.3) is 22.2 Å². The van der Waals surface area contributed by atoms with Crippen molar-refractivity contribution in [2.24, 2.45) is 0 Å². The normalized spacial score (nSPS) is 11.8. The third kappa shape index (κ3) is 7.78. The number of fused-ring (bicyclic) bond motifs is 1. The fraction of sp³-hybridized carbons (Fsp3) is 0.406. The van der Waals surface area contributed by atoms with E-state index in [0.29, 0.717) is 22.8 Å². The van der Waals surface area contributed by atoms with Gasteiger partial charge in [0.05, 0.1) is 5.56 Å². The minimum absolute atomic E-state index is 0.00488. The van der Waals surface area contributed by atoms with Crippen LogP contribution in [0.3, 0.4) is 0 Å². The maximum atomic E-state index is 13.1. The Morgan fingerprint density at radius 3 is 2.10 bits per heavy atom. The second-order valence-corrected chi connectivity index (χ2v) is 10.1. The predicted octanol–water partition coefficient (Wildman–Crippen LogP) is 9.41. The molecule has 206 valence electrons. The number of unbranched alkanes of at least 4 members (excludes halogenated alkanes) is 8. The molecule has 4 nitrogen and oxygen atoms in total. The fourth-order valence-electron chi connectivity index (χ4n) is 4.88. The van der Waals surface area contributed by atoms with E-state index >= 15 is 0 Å². The van der Waals surface area contributed by atoms with E-state index < -0.39 is 11.7 Å². The number of aryl methyl sites for hydroxylation is 1. The molecule has 39 heavy (non-hydrogen) atoms. The number of Topliss-reactive ketones (excluding diaryl/α,β-unsaturated/α-hetero) is 1. The molecule has 0 saturated heterocycles. The summed E-state index contributed by atoms with van der Waals surface area (Å²) in [6, 6.07) is 15.8. The van der Waals surface area contributed by atoms with Crippen LogP contribution in [-0.2, 0) is 19.0 Å². The lowest BCUT2D eigenvalue weighted by atomic mass is 9.94. The minimum atomic E-state index is -4.41. The van der Waals surface area contributed by atoms with Gasteiger partial charge in [-0.25, -0.2) is 0 Å². The molecule has 4 rings (SSSR count). The highest BCUT2D eigenvalue weighted by atomic mass is 19.4. The highest BCUT2D eigenvalue weighted by molar-refractivity contribution is 6.11. The molecule has 1 aromatic heterocycles. The van der Waals surface area contributed by atoms with Crippen LogP contribution in [0.5, 0.6) is 0 Å². The number of carbonyl (C=O) groups is 1. The van der Waals surface area contributed by atoms with E-state index in [1.165, 1.54) is 57.1 Å². The zero-order valence-corrected chi connectivity index (χ0v) is 22.4. The second-order valence-electron chi connectivity index (χ2n) is 10.1. The average molecular weight is 537 g/mol. The largest absolute Gasteiger partial charge is 0.416 e. The molecule has 0 unspecified atom stereocenters. The molecule has 7 heteroatoms. The van der Waals surface area contributed by atoms with Gasteiger partial charge in [-0.1, -0.05) is 99.8 Å². The number of alkyl halides is 3. The first-order chi connectivity index (χ1) is 18.9. The number of halogens is 3. The van der Waals surface area contributed by atoms with E-state index in [0.717, 1.165) is 47.7 Å². The molecule has 0 N–H and O–H groups in total. The summed E-state index contributed by atoms with van der Waals surface area (Å²) in [5.74, 6) is 0.924. The van der Waals surface area contributed by atoms with Crippen molar-refractivity contribution in [1.82, 2.24) is 10.1 Å². The lowest BCUT2D eigenvalue weighted by molar-refractivity contribution is -0.137. The summed E-state index contributed by atoms with van der Waals surface area (Å²) in [5.41, 5.74) is 1.05. The molecule has 4 aromatic rings. The first-order valence-corrected chi connectivity index (χ1v) is 13.9. The molecule has 0 saturated carbocycles. The molecule has 0 bridgehead atoms. The lowest BCUT2D eigenvalue weighted by Crippen LogP contribution is -2.07. The third-order valence-corrected chi connectivity index (χ3v) is 7.07. The van der Waals surface area contributed by atoms with Crippen LogP contribution in [0.2, 0.25) is 0 Å². The summed E-state index contributed by atoms with van der Waals surface area (Å²) in [6.07, 6.45) is 7.61. The van der Waals surface area contributed by atoms with Crippen molar-refractivity contribution < 1.29 is 22.5 Å². The van der Waals surface area contributed by atoms with Crippen molar-refractivity contribution in [2.45, 2.75) is 83.7 Å². The predicted molar refractivity (Wildman–Crippen MR) is 148 cm³/mol. The molecular formula is C32H35F3N2O2. The summed E-state index contributed by atoms with van der Waals surface area (Å²) in [6.45, 7) is 2.23. The van der Waals surface area contributed by atoms with E-state index in [9.17, 15) is 18.0 Å². The number of rotatable bonds is 14. The molecule has 0 aliphatic carbocycles. The van der Waals surface area contributed by atoms with Gasteiger partial charge in [-0.3, -0.25) is 4.79 Å². The number of aromatic nitrogens is 2. The number of ketones is 1. The van der Waals surface area contributed by atoms with E-state index in [2.05, 4.69) is 17.1 Å². The van der Waals surface area contributed by atoms with E-state index in [4.69, 9.17) is 4.52 Å².